The average Bonchev–Trinajstić information content (AvgIpc) is 2.91. The molecule has 0 aromatic heterocycles. The maximum Gasteiger partial charge on any atom is 0.161 e. The minimum absolute atomic E-state index is 0.0274. The third kappa shape index (κ3) is 2.39. The lowest BCUT2D eigenvalue weighted by atomic mass is 9.44. The molecule has 140 valence electrons. The van der Waals surface area contributed by atoms with E-state index in [0.29, 0.717) is 30.0 Å². The van der Waals surface area contributed by atoms with E-state index in [1.54, 1.807) is 0 Å². The summed E-state index contributed by atoms with van der Waals surface area (Å²) in [5.41, 5.74) is -0.227. The standard InChI is InChI=1S/C21H32O4/c1-20-8-7-13(23)9-12(20)3-4-14-15-5-6-16(18(25)11-22)21(15,2)10-17(24)19(14)20/h12-16,19,22-23H,3-11H2,1-2H3/t12-,13?,14-,15-,16?,19+,20-,21-/m0/s1. The van der Waals surface area contributed by atoms with Crippen molar-refractivity contribution in [3.63, 3.8) is 0 Å². The van der Waals surface area contributed by atoms with Crippen LogP contribution < -0.4 is 0 Å². The minimum atomic E-state index is -0.396. The quantitative estimate of drug-likeness (QED) is 0.805. The fourth-order valence-corrected chi connectivity index (χ4v) is 7.69. The summed E-state index contributed by atoms with van der Waals surface area (Å²) in [6.45, 7) is 4.04. The van der Waals surface area contributed by atoms with Gasteiger partial charge >= 0.3 is 0 Å². The van der Waals surface area contributed by atoms with Gasteiger partial charge in [-0.25, -0.2) is 0 Å². The van der Waals surface area contributed by atoms with E-state index >= 15 is 0 Å². The molecule has 0 heterocycles. The second-order valence-electron chi connectivity index (χ2n) is 9.86. The van der Waals surface area contributed by atoms with Gasteiger partial charge in [0, 0.05) is 18.3 Å². The van der Waals surface area contributed by atoms with Crippen LogP contribution in [0.5, 0.6) is 0 Å². The molecule has 0 aromatic rings. The molecule has 0 aliphatic heterocycles. The molecule has 4 aliphatic rings. The number of fused-ring (bicyclic) bond motifs is 5. The summed E-state index contributed by atoms with van der Waals surface area (Å²) in [6.07, 6.45) is 6.93. The van der Waals surface area contributed by atoms with Gasteiger partial charge in [-0.15, -0.1) is 0 Å². The molecule has 0 saturated heterocycles. The van der Waals surface area contributed by atoms with E-state index < -0.39 is 6.61 Å². The first-order chi connectivity index (χ1) is 11.8. The number of rotatable bonds is 2. The summed E-state index contributed by atoms with van der Waals surface area (Å²) in [7, 11) is 0. The first kappa shape index (κ1) is 17.7. The molecule has 0 amide bonds. The molecule has 2 unspecified atom stereocenters. The maximum atomic E-state index is 13.3. The normalized spacial score (nSPS) is 52.2. The Morgan fingerprint density at radius 2 is 1.88 bits per heavy atom. The molecule has 4 saturated carbocycles. The van der Waals surface area contributed by atoms with Crippen LogP contribution in [0.25, 0.3) is 0 Å². The number of Topliss-reactive ketones (excluding diaryl/α,β-unsaturated/α-hetero) is 2. The Morgan fingerprint density at radius 3 is 2.60 bits per heavy atom. The van der Waals surface area contributed by atoms with E-state index in [1.165, 1.54) is 0 Å². The molecule has 4 fully saturated rings. The van der Waals surface area contributed by atoms with Crippen LogP contribution >= 0.6 is 0 Å². The highest BCUT2D eigenvalue weighted by molar-refractivity contribution is 5.88. The molecule has 8 atom stereocenters. The van der Waals surface area contributed by atoms with Gasteiger partial charge in [0.15, 0.2) is 5.78 Å². The van der Waals surface area contributed by atoms with Crippen molar-refractivity contribution in [2.24, 2.45) is 40.4 Å². The molecule has 0 radical (unpaired) electrons. The van der Waals surface area contributed by atoms with E-state index in [2.05, 4.69) is 13.8 Å². The lowest BCUT2D eigenvalue weighted by Gasteiger charge is -2.59. The van der Waals surface area contributed by atoms with E-state index in [0.717, 1.165) is 44.9 Å². The molecule has 0 aromatic carbocycles. The lowest BCUT2D eigenvalue weighted by molar-refractivity contribution is -0.162. The van der Waals surface area contributed by atoms with Gasteiger partial charge in [0.05, 0.1) is 6.10 Å². The summed E-state index contributed by atoms with van der Waals surface area (Å²) < 4.78 is 0. The van der Waals surface area contributed by atoms with Crippen molar-refractivity contribution in [1.29, 1.82) is 0 Å². The zero-order valence-corrected chi connectivity index (χ0v) is 15.5. The van der Waals surface area contributed by atoms with Crippen LogP contribution in [0.3, 0.4) is 0 Å². The number of carbonyl (C=O) groups excluding carboxylic acids is 2. The topological polar surface area (TPSA) is 74.6 Å². The van der Waals surface area contributed by atoms with Gasteiger partial charge in [0.1, 0.15) is 12.4 Å². The molecule has 4 heteroatoms. The number of hydrogen-bond acceptors (Lipinski definition) is 4. The van der Waals surface area contributed by atoms with Gasteiger partial charge in [-0.1, -0.05) is 13.8 Å². The van der Waals surface area contributed by atoms with Crippen molar-refractivity contribution >= 4 is 11.6 Å². The molecule has 4 rings (SSSR count). The van der Waals surface area contributed by atoms with Crippen molar-refractivity contribution in [2.75, 3.05) is 6.61 Å². The first-order valence-corrected chi connectivity index (χ1v) is 10.2. The lowest BCUT2D eigenvalue weighted by Crippen LogP contribution is -2.58. The highest BCUT2D eigenvalue weighted by Gasteiger charge is 2.63. The van der Waals surface area contributed by atoms with Crippen molar-refractivity contribution in [3.05, 3.63) is 0 Å². The summed E-state index contributed by atoms with van der Waals surface area (Å²) >= 11 is 0. The number of aliphatic hydroxyl groups excluding tert-OH is 2. The Hall–Kier alpha value is -0.740. The summed E-state index contributed by atoms with van der Waals surface area (Å²) in [4.78, 5) is 25.6. The fraction of sp³-hybridized carbons (Fsp3) is 0.905. The van der Waals surface area contributed by atoms with Gasteiger partial charge in [-0.05, 0) is 73.5 Å². The number of aliphatic hydroxyl groups is 2. The Morgan fingerprint density at radius 1 is 1.12 bits per heavy atom. The predicted octanol–water partition coefficient (Wildman–Crippen LogP) is 2.75. The van der Waals surface area contributed by atoms with Crippen LogP contribution in [-0.2, 0) is 9.59 Å². The number of hydrogen-bond donors (Lipinski definition) is 2. The second kappa shape index (κ2) is 5.88. The van der Waals surface area contributed by atoms with E-state index in [1.807, 2.05) is 0 Å². The molecule has 4 aliphatic carbocycles. The average molecular weight is 348 g/mol. The van der Waals surface area contributed by atoms with Crippen LogP contribution in [0, 0.1) is 40.4 Å². The summed E-state index contributed by atoms with van der Waals surface area (Å²) in [6, 6.07) is 0. The van der Waals surface area contributed by atoms with Crippen LogP contribution in [-0.4, -0.2) is 34.5 Å². The molecule has 2 N–H and O–H groups in total. The largest absolute Gasteiger partial charge is 0.393 e. The highest BCUT2D eigenvalue weighted by atomic mass is 16.3. The van der Waals surface area contributed by atoms with Crippen LogP contribution in [0.15, 0.2) is 0 Å². The minimum Gasteiger partial charge on any atom is -0.393 e. The zero-order chi connectivity index (χ0) is 18.0. The Bertz CT molecular complexity index is 586. The SMILES string of the molecule is C[C@]12CCC(O)C[C@@H]1CC[C@@H]1[C@@H]2C(=O)C[C@]2(C)C(C(=O)CO)CC[C@@H]12. The fourth-order valence-electron chi connectivity index (χ4n) is 7.69. The highest BCUT2D eigenvalue weighted by Crippen LogP contribution is 2.66. The zero-order valence-electron chi connectivity index (χ0n) is 15.5. The van der Waals surface area contributed by atoms with E-state index in [4.69, 9.17) is 0 Å². The molecular weight excluding hydrogens is 316 g/mol. The van der Waals surface area contributed by atoms with Gasteiger partial charge in [-0.2, -0.15) is 0 Å². The third-order valence-corrected chi connectivity index (χ3v) is 8.87. The molecular formula is C21H32O4. The van der Waals surface area contributed by atoms with Crippen LogP contribution in [0.1, 0.15) is 65.2 Å². The number of ketones is 2. The Balaban J connectivity index is 1.66. The first-order valence-electron chi connectivity index (χ1n) is 10.2. The smallest absolute Gasteiger partial charge is 0.161 e. The molecule has 0 bridgehead atoms. The number of carbonyl (C=O) groups is 2. The van der Waals surface area contributed by atoms with Crippen molar-refractivity contribution < 1.29 is 19.8 Å². The Labute approximate surface area is 150 Å². The maximum absolute atomic E-state index is 13.3. The van der Waals surface area contributed by atoms with E-state index in [-0.39, 0.29) is 34.6 Å². The van der Waals surface area contributed by atoms with Gasteiger partial charge in [0.25, 0.3) is 0 Å². The van der Waals surface area contributed by atoms with Crippen LogP contribution in [0.2, 0.25) is 0 Å². The van der Waals surface area contributed by atoms with Gasteiger partial charge in [0.2, 0.25) is 0 Å². The summed E-state index contributed by atoms with van der Waals surface area (Å²) in [5.74, 6) is 1.52. The second-order valence-corrected chi connectivity index (χ2v) is 9.86. The molecule has 25 heavy (non-hydrogen) atoms. The molecule has 4 nitrogen and oxygen atoms in total. The van der Waals surface area contributed by atoms with E-state index in [9.17, 15) is 19.8 Å². The van der Waals surface area contributed by atoms with Crippen molar-refractivity contribution in [1.82, 2.24) is 0 Å². The van der Waals surface area contributed by atoms with Crippen molar-refractivity contribution in [3.8, 4) is 0 Å². The van der Waals surface area contributed by atoms with Crippen LogP contribution in [0.4, 0.5) is 0 Å². The molecule has 0 spiro atoms. The van der Waals surface area contributed by atoms with Gasteiger partial charge in [-0.3, -0.25) is 9.59 Å². The summed E-state index contributed by atoms with van der Waals surface area (Å²) in [5, 5.41) is 19.5. The monoisotopic (exact) mass is 348 g/mol. The third-order valence-electron chi connectivity index (χ3n) is 8.87. The van der Waals surface area contributed by atoms with Gasteiger partial charge < -0.3 is 10.2 Å². The predicted molar refractivity (Wildman–Crippen MR) is 93.7 cm³/mol. The Kier molecular flexibility index (Phi) is 4.16. The van der Waals surface area contributed by atoms with Crippen molar-refractivity contribution in [2.45, 2.75) is 71.3 Å².